The number of oxazole rings is 2. The molecular formula is C24H28N2O8S2. The highest BCUT2D eigenvalue weighted by molar-refractivity contribution is 7.89. The third kappa shape index (κ3) is 10.1. The van der Waals surface area contributed by atoms with Gasteiger partial charge in [0.15, 0.2) is 12.8 Å². The van der Waals surface area contributed by atoms with Gasteiger partial charge in [0.2, 0.25) is 0 Å². The zero-order valence-electron chi connectivity index (χ0n) is 19.8. The quantitative estimate of drug-likeness (QED) is 0.320. The van der Waals surface area contributed by atoms with Crippen molar-refractivity contribution in [1.29, 1.82) is 0 Å². The summed E-state index contributed by atoms with van der Waals surface area (Å²) in [5.41, 5.74) is 4.16. The average molecular weight is 537 g/mol. The number of hydrogen-bond donors (Lipinski definition) is 2. The minimum atomic E-state index is -4.30. The Morgan fingerprint density at radius 2 is 0.972 bits per heavy atom. The molecule has 36 heavy (non-hydrogen) atoms. The number of aryl methyl sites for hydroxylation is 2. The molecule has 0 aliphatic carbocycles. The van der Waals surface area contributed by atoms with E-state index in [9.17, 15) is 16.8 Å². The summed E-state index contributed by atoms with van der Waals surface area (Å²) in [6.45, 7) is 4.12. The van der Waals surface area contributed by atoms with Crippen LogP contribution in [-0.2, 0) is 33.1 Å². The monoisotopic (exact) mass is 536 g/mol. The Bertz CT molecular complexity index is 1290. The van der Waals surface area contributed by atoms with E-state index < -0.39 is 31.7 Å². The van der Waals surface area contributed by atoms with Gasteiger partial charge < -0.3 is 8.83 Å². The van der Waals surface area contributed by atoms with E-state index in [2.05, 4.69) is 23.8 Å². The molecule has 0 fully saturated rings. The van der Waals surface area contributed by atoms with Crippen molar-refractivity contribution in [3.8, 4) is 22.5 Å². The minimum Gasteiger partial charge on any atom is -0.448 e. The predicted molar refractivity (Wildman–Crippen MR) is 135 cm³/mol. The largest absolute Gasteiger partial charge is 0.448 e. The highest BCUT2D eigenvalue weighted by Crippen LogP contribution is 2.22. The third-order valence-electron chi connectivity index (χ3n) is 4.62. The normalized spacial score (nSPS) is 11.1. The second-order valence-electron chi connectivity index (χ2n) is 7.26. The molecule has 10 nitrogen and oxygen atoms in total. The number of benzene rings is 2. The first-order valence-corrected chi connectivity index (χ1v) is 14.1. The number of hydrogen-bond acceptors (Lipinski definition) is 8. The molecule has 2 aromatic heterocycles. The highest BCUT2D eigenvalue weighted by atomic mass is 32.2. The fraction of sp³-hybridized carbons (Fsp3) is 0.250. The van der Waals surface area contributed by atoms with Crippen LogP contribution in [0.3, 0.4) is 0 Å². The van der Waals surface area contributed by atoms with Gasteiger partial charge in [-0.25, -0.2) is 9.97 Å². The number of nitrogens with zero attached hydrogens (tertiary/aromatic N) is 2. The molecular weight excluding hydrogens is 508 g/mol. The highest BCUT2D eigenvalue weighted by Gasteiger charge is 2.11. The van der Waals surface area contributed by atoms with E-state index in [1.807, 2.05) is 60.7 Å². The van der Waals surface area contributed by atoms with E-state index in [0.717, 1.165) is 46.9 Å². The molecule has 194 valence electrons. The van der Waals surface area contributed by atoms with E-state index in [1.54, 1.807) is 0 Å². The minimum absolute atomic E-state index is 0.879. The molecule has 4 rings (SSSR count). The molecule has 12 heteroatoms. The Balaban J connectivity index is 0.000000193. The first-order chi connectivity index (χ1) is 17.0. The first-order valence-electron chi connectivity index (χ1n) is 10.9. The maximum atomic E-state index is 9.86. The lowest BCUT2D eigenvalue weighted by atomic mass is 10.1. The first kappa shape index (κ1) is 28.9. The van der Waals surface area contributed by atoms with Gasteiger partial charge in [-0.1, -0.05) is 74.5 Å². The molecule has 0 radical (unpaired) electrons. The number of aromatic nitrogens is 2. The summed E-state index contributed by atoms with van der Waals surface area (Å²) in [6, 6.07) is 20.2. The van der Waals surface area contributed by atoms with E-state index in [-0.39, 0.29) is 0 Å². The van der Waals surface area contributed by atoms with Gasteiger partial charge >= 0.3 is 0 Å². The SMILES string of the molecule is CCc1ocnc1-c1ccccc1.CCc1ocnc1-c1ccccc1.O=S(=O)(O)CCS(=O)(=O)O. The topological polar surface area (TPSA) is 161 Å². The zero-order chi connectivity index (χ0) is 26.6. The standard InChI is InChI=1S/2C11H11NO.C2H6O6S2/c2*1-2-10-11(12-8-13-10)9-6-4-3-5-7-9;3-9(4,5)1-2-10(6,7)8/h2*3-8H,2H2,1H3;1-2H2,(H,3,4,5)(H,6,7,8). The molecule has 2 aromatic carbocycles. The summed E-state index contributed by atoms with van der Waals surface area (Å²) in [5.74, 6) is -0.0603. The van der Waals surface area contributed by atoms with Gasteiger partial charge in [0.05, 0.1) is 11.5 Å². The van der Waals surface area contributed by atoms with Crippen molar-refractivity contribution in [2.45, 2.75) is 26.7 Å². The molecule has 0 spiro atoms. The van der Waals surface area contributed by atoms with Gasteiger partial charge in [-0.15, -0.1) is 0 Å². The van der Waals surface area contributed by atoms with Crippen LogP contribution in [0, 0.1) is 0 Å². The lowest BCUT2D eigenvalue weighted by Gasteiger charge is -1.97. The summed E-state index contributed by atoms with van der Waals surface area (Å²) in [4.78, 5) is 8.38. The van der Waals surface area contributed by atoms with Crippen molar-refractivity contribution in [3.63, 3.8) is 0 Å². The van der Waals surface area contributed by atoms with Gasteiger partial charge in [0.25, 0.3) is 20.2 Å². The molecule has 0 atom stereocenters. The Morgan fingerprint density at radius 1 is 0.639 bits per heavy atom. The van der Waals surface area contributed by atoms with Gasteiger partial charge in [-0.2, -0.15) is 16.8 Å². The Hall–Kier alpha value is -3.32. The van der Waals surface area contributed by atoms with Crippen LogP contribution >= 0.6 is 0 Å². The zero-order valence-corrected chi connectivity index (χ0v) is 21.4. The maximum absolute atomic E-state index is 9.86. The second-order valence-corrected chi connectivity index (χ2v) is 10.4. The predicted octanol–water partition coefficient (Wildman–Crippen LogP) is 4.57. The third-order valence-corrected chi connectivity index (χ3v) is 6.32. The van der Waals surface area contributed by atoms with Crippen LogP contribution in [0.25, 0.3) is 22.5 Å². The van der Waals surface area contributed by atoms with E-state index in [4.69, 9.17) is 17.9 Å². The molecule has 0 aliphatic rings. The van der Waals surface area contributed by atoms with Crippen LogP contribution in [0.1, 0.15) is 25.4 Å². The molecule has 4 aromatic rings. The van der Waals surface area contributed by atoms with Crippen molar-refractivity contribution in [3.05, 3.63) is 85.0 Å². The van der Waals surface area contributed by atoms with Crippen LogP contribution in [0.4, 0.5) is 0 Å². The van der Waals surface area contributed by atoms with Crippen LogP contribution in [0.15, 0.2) is 82.3 Å². The molecule has 0 unspecified atom stereocenters. The molecule has 0 bridgehead atoms. The van der Waals surface area contributed by atoms with E-state index >= 15 is 0 Å². The van der Waals surface area contributed by atoms with Crippen LogP contribution < -0.4 is 0 Å². The molecule has 0 amide bonds. The summed E-state index contributed by atoms with van der Waals surface area (Å²) < 4.78 is 65.9. The van der Waals surface area contributed by atoms with Crippen molar-refractivity contribution < 1.29 is 34.8 Å². The average Bonchev–Trinajstić information content (AvgIpc) is 3.53. The fourth-order valence-corrected chi connectivity index (χ4v) is 4.60. The summed E-state index contributed by atoms with van der Waals surface area (Å²) >= 11 is 0. The van der Waals surface area contributed by atoms with E-state index in [1.165, 1.54) is 12.8 Å². The Morgan fingerprint density at radius 3 is 1.25 bits per heavy atom. The molecule has 0 saturated carbocycles. The smallest absolute Gasteiger partial charge is 0.265 e. The lowest BCUT2D eigenvalue weighted by molar-refractivity contribution is 0.472. The molecule has 2 N–H and O–H groups in total. The van der Waals surface area contributed by atoms with E-state index in [0.29, 0.717) is 0 Å². The fourth-order valence-electron chi connectivity index (χ4n) is 2.92. The van der Waals surface area contributed by atoms with Gasteiger partial charge in [0, 0.05) is 24.0 Å². The number of rotatable bonds is 7. The lowest BCUT2D eigenvalue weighted by Crippen LogP contribution is -2.15. The van der Waals surface area contributed by atoms with Crippen molar-refractivity contribution >= 4 is 20.2 Å². The van der Waals surface area contributed by atoms with Crippen LogP contribution in [0.2, 0.25) is 0 Å². The van der Waals surface area contributed by atoms with Crippen LogP contribution in [-0.4, -0.2) is 47.4 Å². The van der Waals surface area contributed by atoms with Gasteiger partial charge in [-0.3, -0.25) is 9.11 Å². The Kier molecular flexibility index (Phi) is 11.0. The Labute approximate surface area is 210 Å². The van der Waals surface area contributed by atoms with Crippen molar-refractivity contribution in [2.24, 2.45) is 0 Å². The molecule has 2 heterocycles. The maximum Gasteiger partial charge on any atom is 0.265 e. The van der Waals surface area contributed by atoms with Crippen LogP contribution in [0.5, 0.6) is 0 Å². The van der Waals surface area contributed by atoms with Crippen molar-refractivity contribution in [1.82, 2.24) is 9.97 Å². The van der Waals surface area contributed by atoms with Gasteiger partial charge in [0.1, 0.15) is 22.9 Å². The molecule has 0 aliphatic heterocycles. The summed E-state index contributed by atoms with van der Waals surface area (Å²) in [5, 5.41) is 0. The van der Waals surface area contributed by atoms with Gasteiger partial charge in [-0.05, 0) is 0 Å². The van der Waals surface area contributed by atoms with Crippen molar-refractivity contribution in [2.75, 3.05) is 11.5 Å². The summed E-state index contributed by atoms with van der Waals surface area (Å²) in [7, 11) is -8.59. The summed E-state index contributed by atoms with van der Waals surface area (Å²) in [6.07, 6.45) is 4.76. The second kappa shape index (κ2) is 13.7. The molecule has 0 saturated heterocycles.